The molecule has 4 aromatic carbocycles. The number of halogens is 1. The first kappa shape index (κ1) is 48.7. The second kappa shape index (κ2) is 24.3. The molecule has 0 spiro atoms. The molecule has 10 nitrogen and oxygen atoms in total. The van der Waals surface area contributed by atoms with E-state index in [4.69, 9.17) is 19.5 Å². The van der Waals surface area contributed by atoms with Crippen molar-refractivity contribution in [2.45, 2.75) is 89.8 Å². The van der Waals surface area contributed by atoms with Crippen molar-refractivity contribution in [2.24, 2.45) is 0 Å². The Morgan fingerprint density at radius 2 is 1.05 bits per heavy atom. The van der Waals surface area contributed by atoms with Gasteiger partial charge in [0.2, 0.25) is 0 Å². The van der Waals surface area contributed by atoms with Crippen LogP contribution in [-0.2, 0) is 41.0 Å². The Bertz CT molecular complexity index is 1840. The van der Waals surface area contributed by atoms with Gasteiger partial charge in [0.15, 0.2) is 0 Å². The fourth-order valence-electron chi connectivity index (χ4n) is 4.75. The summed E-state index contributed by atoms with van der Waals surface area (Å²) in [7, 11) is -3.91. The zero-order valence-electron chi connectivity index (χ0n) is 33.5. The molecule has 14 heteroatoms. The molecule has 0 bridgehead atoms. The summed E-state index contributed by atoms with van der Waals surface area (Å²) in [4.78, 5) is 23.8. The average molecular weight is 872 g/mol. The predicted molar refractivity (Wildman–Crippen MR) is 232 cm³/mol. The SMILES string of the molecule is CCOC(=O)C[C@H](N[S@](=O)C(C)(C)C)c1cccc(-c2ccccc2)c1.CCOC(=O)C[C@H](N[S@](=O)C(C)(C)C)c1cccc(Br)c1.OB(O)c1ccccc1. The minimum absolute atomic E-state index is 0.133. The van der Waals surface area contributed by atoms with Crippen molar-refractivity contribution in [2.75, 3.05) is 13.2 Å². The van der Waals surface area contributed by atoms with E-state index in [-0.39, 0.29) is 36.9 Å². The van der Waals surface area contributed by atoms with Crippen molar-refractivity contribution < 1.29 is 37.5 Å². The van der Waals surface area contributed by atoms with Crippen LogP contribution in [0.1, 0.15) is 91.4 Å². The number of carbonyl (C=O) groups excluding carboxylic acids is 2. The van der Waals surface area contributed by atoms with Gasteiger partial charge in [-0.1, -0.05) is 107 Å². The molecule has 0 aliphatic carbocycles. The lowest BCUT2D eigenvalue weighted by Crippen LogP contribution is -2.36. The summed E-state index contributed by atoms with van der Waals surface area (Å²) in [5.74, 6) is -0.609. The summed E-state index contributed by atoms with van der Waals surface area (Å²) in [6.07, 6.45) is 0.278. The molecule has 0 unspecified atom stereocenters. The molecular formula is C42H56BBrN2O8S2. The van der Waals surface area contributed by atoms with E-state index in [2.05, 4.69) is 25.4 Å². The Morgan fingerprint density at radius 1 is 0.643 bits per heavy atom. The van der Waals surface area contributed by atoms with E-state index in [1.54, 1.807) is 38.1 Å². The van der Waals surface area contributed by atoms with Crippen LogP contribution in [0.25, 0.3) is 11.1 Å². The molecule has 0 aliphatic heterocycles. The molecule has 0 amide bonds. The zero-order chi connectivity index (χ0) is 41.9. The molecule has 4 rings (SSSR count). The first-order valence-electron chi connectivity index (χ1n) is 18.3. The van der Waals surface area contributed by atoms with Gasteiger partial charge < -0.3 is 19.5 Å². The lowest BCUT2D eigenvalue weighted by molar-refractivity contribution is -0.144. The summed E-state index contributed by atoms with van der Waals surface area (Å²) < 4.78 is 41.2. The standard InChI is InChI=1S/C21H27NO3S.C15H22BrNO3S.C6H7BO2/c1-5-25-20(23)15-19(22-26(24)21(2,3)4)18-13-9-12-17(14-18)16-10-7-6-8-11-16;1-5-20-14(18)10-13(17-21(19)15(2,3)4)11-7-6-8-12(16)9-11;8-7(9)6-4-2-1-3-5-6/h6-14,19,22H,5,15H2,1-4H3;6-9,13,17H,5,10H2,1-4H3;1-5,8-9H/t19-,26+;13-,21+;/m00./s1. The summed E-state index contributed by atoms with van der Waals surface area (Å²) >= 11 is 3.41. The van der Waals surface area contributed by atoms with Crippen molar-refractivity contribution in [3.8, 4) is 11.1 Å². The van der Waals surface area contributed by atoms with Crippen LogP contribution in [0.15, 0.2) is 114 Å². The quantitative estimate of drug-likeness (QED) is 0.0764. The maximum Gasteiger partial charge on any atom is 0.488 e. The normalized spacial score (nSPS) is 13.3. The van der Waals surface area contributed by atoms with Gasteiger partial charge in [-0.15, -0.1) is 0 Å². The minimum Gasteiger partial charge on any atom is -0.466 e. The monoisotopic (exact) mass is 870 g/mol. The van der Waals surface area contributed by atoms with E-state index < -0.39 is 38.6 Å². The molecule has 0 saturated carbocycles. The molecule has 0 radical (unpaired) electrons. The van der Waals surface area contributed by atoms with Gasteiger partial charge in [-0.3, -0.25) is 9.59 Å². The van der Waals surface area contributed by atoms with Gasteiger partial charge in [-0.2, -0.15) is 0 Å². The van der Waals surface area contributed by atoms with Crippen LogP contribution in [0.5, 0.6) is 0 Å². The molecule has 0 fully saturated rings. The highest BCUT2D eigenvalue weighted by Gasteiger charge is 2.27. The van der Waals surface area contributed by atoms with Gasteiger partial charge in [-0.05, 0) is 101 Å². The molecule has 0 saturated heterocycles. The van der Waals surface area contributed by atoms with Gasteiger partial charge in [0.1, 0.15) is 0 Å². The molecule has 56 heavy (non-hydrogen) atoms. The summed E-state index contributed by atoms with van der Waals surface area (Å²) in [5, 5.41) is 17.2. The molecule has 304 valence electrons. The number of esters is 2. The van der Waals surface area contributed by atoms with Gasteiger partial charge in [-0.25, -0.2) is 17.9 Å². The highest BCUT2D eigenvalue weighted by molar-refractivity contribution is 9.10. The summed E-state index contributed by atoms with van der Waals surface area (Å²) in [6, 6.07) is 33.6. The lowest BCUT2D eigenvalue weighted by Gasteiger charge is -2.24. The highest BCUT2D eigenvalue weighted by atomic mass is 79.9. The number of hydrogen-bond acceptors (Lipinski definition) is 8. The Balaban J connectivity index is 0.000000321. The van der Waals surface area contributed by atoms with Crippen LogP contribution in [0.4, 0.5) is 0 Å². The van der Waals surface area contributed by atoms with E-state index in [1.165, 1.54) is 0 Å². The molecular weight excluding hydrogens is 815 g/mol. The number of nitrogens with one attached hydrogen (secondary N) is 2. The third-order valence-corrected chi connectivity index (χ3v) is 11.4. The smallest absolute Gasteiger partial charge is 0.466 e. The molecule has 0 aliphatic rings. The largest absolute Gasteiger partial charge is 0.488 e. The second-order valence-corrected chi connectivity index (χ2v) is 19.4. The Kier molecular flexibility index (Phi) is 21.1. The number of rotatable bonds is 14. The van der Waals surface area contributed by atoms with Crippen LogP contribution < -0.4 is 14.9 Å². The van der Waals surface area contributed by atoms with Crippen molar-refractivity contribution in [1.82, 2.24) is 9.44 Å². The van der Waals surface area contributed by atoms with E-state index in [9.17, 15) is 18.0 Å². The predicted octanol–water partition coefficient (Wildman–Crippen LogP) is 7.26. The minimum atomic E-state index is -1.34. The van der Waals surface area contributed by atoms with Crippen molar-refractivity contribution in [3.05, 3.63) is 125 Å². The number of hydrogen-bond donors (Lipinski definition) is 4. The first-order chi connectivity index (χ1) is 26.3. The zero-order valence-corrected chi connectivity index (χ0v) is 36.7. The number of benzene rings is 4. The molecule has 4 N–H and O–H groups in total. The number of carbonyl (C=O) groups is 2. The molecule has 0 heterocycles. The van der Waals surface area contributed by atoms with Gasteiger partial charge in [0.25, 0.3) is 0 Å². The van der Waals surface area contributed by atoms with Gasteiger partial charge in [0.05, 0.1) is 69.6 Å². The maximum absolute atomic E-state index is 12.6. The third kappa shape index (κ3) is 18.2. The molecule has 4 aromatic rings. The summed E-state index contributed by atoms with van der Waals surface area (Å²) in [5.41, 5.74) is 4.49. The lowest BCUT2D eigenvalue weighted by atomic mass is 9.81. The Labute approximate surface area is 346 Å². The topological polar surface area (TPSA) is 151 Å². The van der Waals surface area contributed by atoms with Crippen LogP contribution in [0.3, 0.4) is 0 Å². The average Bonchev–Trinajstić information content (AvgIpc) is 3.15. The van der Waals surface area contributed by atoms with Crippen molar-refractivity contribution in [1.29, 1.82) is 0 Å². The van der Waals surface area contributed by atoms with E-state index >= 15 is 0 Å². The van der Waals surface area contributed by atoms with Gasteiger partial charge >= 0.3 is 19.1 Å². The van der Waals surface area contributed by atoms with Crippen molar-refractivity contribution >= 4 is 62.4 Å². The highest BCUT2D eigenvalue weighted by Crippen LogP contribution is 2.27. The second-order valence-electron chi connectivity index (χ2n) is 14.5. The van der Waals surface area contributed by atoms with Crippen LogP contribution in [0.2, 0.25) is 0 Å². The van der Waals surface area contributed by atoms with Gasteiger partial charge in [0, 0.05) is 4.47 Å². The van der Waals surface area contributed by atoms with E-state index in [0.29, 0.717) is 18.7 Å². The fourth-order valence-corrected chi connectivity index (χ4v) is 6.83. The third-order valence-electron chi connectivity index (χ3n) is 7.71. The Morgan fingerprint density at radius 3 is 1.45 bits per heavy atom. The summed E-state index contributed by atoms with van der Waals surface area (Å²) in [6.45, 7) is 15.6. The van der Waals surface area contributed by atoms with E-state index in [0.717, 1.165) is 26.7 Å². The van der Waals surface area contributed by atoms with Crippen molar-refractivity contribution in [3.63, 3.8) is 0 Å². The van der Waals surface area contributed by atoms with Crippen LogP contribution in [-0.4, -0.2) is 60.2 Å². The fraction of sp³-hybridized carbons (Fsp3) is 0.381. The Hall–Kier alpha value is -3.50. The molecule has 0 aromatic heterocycles. The maximum atomic E-state index is 12.6. The van der Waals surface area contributed by atoms with E-state index in [1.807, 2.05) is 126 Å². The van der Waals surface area contributed by atoms with Crippen LogP contribution >= 0.6 is 15.9 Å². The molecule has 4 atom stereocenters. The number of ether oxygens (including phenoxy) is 2. The van der Waals surface area contributed by atoms with Crippen LogP contribution in [0, 0.1) is 0 Å². The first-order valence-corrected chi connectivity index (χ1v) is 21.4.